The highest BCUT2D eigenvalue weighted by Crippen LogP contribution is 2.27. The van der Waals surface area contributed by atoms with Crippen LogP contribution in [0, 0.1) is 11.8 Å². The molecule has 0 bridgehead atoms. The minimum absolute atomic E-state index is 0.0333. The van der Waals surface area contributed by atoms with Crippen LogP contribution in [-0.4, -0.2) is 25.6 Å². The number of rotatable bonds is 9. The van der Waals surface area contributed by atoms with Gasteiger partial charge in [0.2, 0.25) is 0 Å². The summed E-state index contributed by atoms with van der Waals surface area (Å²) >= 11 is 0. The summed E-state index contributed by atoms with van der Waals surface area (Å²) in [6, 6.07) is 16.8. The zero-order chi connectivity index (χ0) is 20.7. The molecule has 0 fully saturated rings. The van der Waals surface area contributed by atoms with E-state index < -0.39 is 0 Å². The highest BCUT2D eigenvalue weighted by atomic mass is 16.5. The number of ether oxygens (including phenoxy) is 2. The number of hydrogen-bond acceptors (Lipinski definition) is 3. The van der Waals surface area contributed by atoms with Gasteiger partial charge in [0.15, 0.2) is 5.78 Å². The molecule has 0 aliphatic rings. The van der Waals surface area contributed by atoms with Crippen molar-refractivity contribution in [2.24, 2.45) is 11.8 Å². The second-order valence-corrected chi connectivity index (χ2v) is 8.75. The van der Waals surface area contributed by atoms with Gasteiger partial charge in [0.05, 0.1) is 6.61 Å². The summed E-state index contributed by atoms with van der Waals surface area (Å²) in [6.07, 6.45) is 0. The highest BCUT2D eigenvalue weighted by molar-refractivity contribution is 5.82. The third-order valence-electron chi connectivity index (χ3n) is 5.19. The topological polar surface area (TPSA) is 35.5 Å². The van der Waals surface area contributed by atoms with Gasteiger partial charge >= 0.3 is 0 Å². The number of ketones is 1. The summed E-state index contributed by atoms with van der Waals surface area (Å²) in [5.74, 6) is 1.33. The zero-order valence-corrected chi connectivity index (χ0v) is 18.1. The van der Waals surface area contributed by atoms with E-state index in [9.17, 15) is 4.79 Å². The highest BCUT2D eigenvalue weighted by Gasteiger charge is 2.16. The van der Waals surface area contributed by atoms with Gasteiger partial charge < -0.3 is 9.47 Å². The van der Waals surface area contributed by atoms with Crippen molar-refractivity contribution in [1.82, 2.24) is 0 Å². The molecule has 0 saturated heterocycles. The fourth-order valence-electron chi connectivity index (χ4n) is 2.80. The second kappa shape index (κ2) is 9.88. The normalized spacial score (nSPS) is 12.8. The fourth-order valence-corrected chi connectivity index (χ4v) is 2.80. The Labute approximate surface area is 170 Å². The van der Waals surface area contributed by atoms with Gasteiger partial charge in [0, 0.05) is 5.92 Å². The van der Waals surface area contributed by atoms with Crippen LogP contribution in [0.1, 0.15) is 47.1 Å². The fraction of sp³-hybridized carbons (Fsp3) is 0.480. The van der Waals surface area contributed by atoms with Crippen LogP contribution in [0.2, 0.25) is 0 Å². The molecule has 0 N–H and O–H groups in total. The van der Waals surface area contributed by atoms with Crippen molar-refractivity contribution < 1.29 is 14.3 Å². The first-order valence-electron chi connectivity index (χ1n) is 10.1. The van der Waals surface area contributed by atoms with E-state index in [1.807, 2.05) is 32.9 Å². The third kappa shape index (κ3) is 6.49. The predicted octanol–water partition coefficient (Wildman–Crippen LogP) is 5.91. The molecule has 2 aromatic rings. The zero-order valence-electron chi connectivity index (χ0n) is 18.1. The SMILES string of the molecule is CC(C)C(C)C(=O)COCCOc1ccc(-c2ccc(C(C)(C)C)cc2)cc1. The standard InChI is InChI=1S/C25H34O3/c1-18(2)19(3)24(26)17-27-15-16-28-23-13-9-21(10-14-23)20-7-11-22(12-8-20)25(4,5)6/h7-14,18-19H,15-17H2,1-6H3. The van der Waals surface area contributed by atoms with Crippen LogP contribution in [-0.2, 0) is 14.9 Å². The Balaban J connectivity index is 1.79. The van der Waals surface area contributed by atoms with Crippen LogP contribution in [0.4, 0.5) is 0 Å². The van der Waals surface area contributed by atoms with Crippen LogP contribution in [0.5, 0.6) is 5.75 Å². The first-order valence-corrected chi connectivity index (χ1v) is 10.1. The molecular formula is C25H34O3. The van der Waals surface area contributed by atoms with Crippen LogP contribution in [0.15, 0.2) is 48.5 Å². The molecule has 0 aromatic heterocycles. The Morgan fingerprint density at radius 3 is 1.89 bits per heavy atom. The Kier molecular flexibility index (Phi) is 7.82. The maximum absolute atomic E-state index is 11.9. The molecule has 0 saturated carbocycles. The number of benzene rings is 2. The lowest BCUT2D eigenvalue weighted by atomic mass is 9.86. The van der Waals surface area contributed by atoms with Crippen molar-refractivity contribution in [2.75, 3.05) is 19.8 Å². The average Bonchev–Trinajstić information content (AvgIpc) is 2.66. The van der Waals surface area contributed by atoms with Crippen LogP contribution < -0.4 is 4.74 Å². The van der Waals surface area contributed by atoms with Gasteiger partial charge in [-0.3, -0.25) is 4.79 Å². The lowest BCUT2D eigenvalue weighted by molar-refractivity contribution is -0.128. The van der Waals surface area contributed by atoms with Gasteiger partial charge in [-0.1, -0.05) is 77.9 Å². The summed E-state index contributed by atoms with van der Waals surface area (Å²) in [4.78, 5) is 11.9. The van der Waals surface area contributed by atoms with Crippen LogP contribution in [0.25, 0.3) is 11.1 Å². The Morgan fingerprint density at radius 1 is 0.857 bits per heavy atom. The van der Waals surface area contributed by atoms with Gasteiger partial charge in [-0.15, -0.1) is 0 Å². The molecule has 2 rings (SSSR count). The summed E-state index contributed by atoms with van der Waals surface area (Å²) < 4.78 is 11.2. The monoisotopic (exact) mass is 382 g/mol. The molecule has 3 nitrogen and oxygen atoms in total. The maximum Gasteiger partial charge on any atom is 0.161 e. The largest absolute Gasteiger partial charge is 0.491 e. The van der Waals surface area contributed by atoms with Crippen molar-refractivity contribution in [2.45, 2.75) is 47.0 Å². The Morgan fingerprint density at radius 2 is 1.39 bits per heavy atom. The number of carbonyl (C=O) groups is 1. The molecule has 3 heteroatoms. The van der Waals surface area contributed by atoms with Crippen molar-refractivity contribution in [3.8, 4) is 16.9 Å². The van der Waals surface area contributed by atoms with E-state index in [2.05, 4.69) is 57.2 Å². The first kappa shape index (κ1) is 22.2. The Hall–Kier alpha value is -2.13. The predicted molar refractivity (Wildman–Crippen MR) is 116 cm³/mol. The molecule has 1 unspecified atom stereocenters. The molecule has 0 spiro atoms. The molecule has 0 heterocycles. The van der Waals surface area contributed by atoms with Crippen LogP contribution in [0.3, 0.4) is 0 Å². The number of carbonyl (C=O) groups excluding carboxylic acids is 1. The molecule has 152 valence electrons. The molecule has 0 amide bonds. The van der Waals surface area contributed by atoms with E-state index >= 15 is 0 Å². The summed E-state index contributed by atoms with van der Waals surface area (Å²) in [5.41, 5.74) is 3.85. The van der Waals surface area contributed by atoms with Gasteiger partial charge in [-0.25, -0.2) is 0 Å². The van der Waals surface area contributed by atoms with E-state index in [-0.39, 0.29) is 23.7 Å². The second-order valence-electron chi connectivity index (χ2n) is 8.75. The van der Waals surface area contributed by atoms with Gasteiger partial charge in [-0.05, 0) is 40.2 Å². The minimum Gasteiger partial charge on any atom is -0.491 e. The van der Waals surface area contributed by atoms with Crippen LogP contribution >= 0.6 is 0 Å². The Bertz CT molecular complexity index is 737. The third-order valence-corrected chi connectivity index (χ3v) is 5.19. The van der Waals surface area contributed by atoms with Crippen molar-refractivity contribution in [1.29, 1.82) is 0 Å². The smallest absolute Gasteiger partial charge is 0.161 e. The summed E-state index contributed by atoms with van der Waals surface area (Å²) in [7, 11) is 0. The van der Waals surface area contributed by atoms with Crippen molar-refractivity contribution in [3.63, 3.8) is 0 Å². The van der Waals surface area contributed by atoms with E-state index in [4.69, 9.17) is 9.47 Å². The van der Waals surface area contributed by atoms with E-state index in [0.717, 1.165) is 11.3 Å². The van der Waals surface area contributed by atoms with Crippen molar-refractivity contribution >= 4 is 5.78 Å². The van der Waals surface area contributed by atoms with Gasteiger partial charge in [0.25, 0.3) is 0 Å². The molecular weight excluding hydrogens is 348 g/mol. The van der Waals surface area contributed by atoms with Gasteiger partial charge in [-0.2, -0.15) is 0 Å². The summed E-state index contributed by atoms with van der Waals surface area (Å²) in [6.45, 7) is 13.7. The quantitative estimate of drug-likeness (QED) is 0.506. The summed E-state index contributed by atoms with van der Waals surface area (Å²) in [5, 5.41) is 0. The first-order chi connectivity index (χ1) is 13.2. The number of Topliss-reactive ketones (excluding diaryl/α,β-unsaturated/α-hetero) is 1. The van der Waals surface area contributed by atoms with E-state index in [1.54, 1.807) is 0 Å². The lowest BCUT2D eigenvalue weighted by Crippen LogP contribution is -2.22. The molecule has 1 atom stereocenters. The maximum atomic E-state index is 11.9. The van der Waals surface area contributed by atoms with E-state index in [1.165, 1.54) is 11.1 Å². The van der Waals surface area contributed by atoms with E-state index in [0.29, 0.717) is 19.1 Å². The molecule has 28 heavy (non-hydrogen) atoms. The number of hydrogen-bond donors (Lipinski definition) is 0. The molecule has 0 aliphatic heterocycles. The van der Waals surface area contributed by atoms with Crippen molar-refractivity contribution in [3.05, 3.63) is 54.1 Å². The average molecular weight is 383 g/mol. The molecule has 2 aromatic carbocycles. The molecule has 0 aliphatic carbocycles. The minimum atomic E-state index is 0.0333. The molecule has 0 radical (unpaired) electrons. The van der Waals surface area contributed by atoms with Gasteiger partial charge in [0.1, 0.15) is 19.0 Å². The lowest BCUT2D eigenvalue weighted by Gasteiger charge is -2.19.